The van der Waals surface area contributed by atoms with Gasteiger partial charge in [-0.3, -0.25) is 4.79 Å². The number of carbonyl (C=O) groups excluding carboxylic acids is 1. The molecule has 0 aromatic carbocycles. The summed E-state index contributed by atoms with van der Waals surface area (Å²) in [5, 5.41) is 3.53. The number of rotatable bonds is 2. The number of ketones is 1. The molecule has 1 aliphatic carbocycles. The van der Waals surface area contributed by atoms with E-state index in [-0.39, 0.29) is 0 Å². The van der Waals surface area contributed by atoms with Gasteiger partial charge in [0.15, 0.2) is 0 Å². The van der Waals surface area contributed by atoms with Crippen molar-refractivity contribution in [1.82, 2.24) is 5.32 Å². The van der Waals surface area contributed by atoms with E-state index in [1.165, 1.54) is 19.3 Å². The average Bonchev–Trinajstić information content (AvgIpc) is 2.65. The SMILES string of the molecule is CCC1CCNC(C2CCCC2=O)C1. The highest BCUT2D eigenvalue weighted by Gasteiger charge is 2.34. The lowest BCUT2D eigenvalue weighted by Gasteiger charge is -2.32. The topological polar surface area (TPSA) is 29.1 Å². The van der Waals surface area contributed by atoms with Crippen LogP contribution in [0.15, 0.2) is 0 Å². The number of carbonyl (C=O) groups is 1. The summed E-state index contributed by atoms with van der Waals surface area (Å²) >= 11 is 0. The van der Waals surface area contributed by atoms with Gasteiger partial charge in [-0.2, -0.15) is 0 Å². The van der Waals surface area contributed by atoms with E-state index in [0.717, 1.165) is 31.7 Å². The van der Waals surface area contributed by atoms with Crippen molar-refractivity contribution < 1.29 is 4.79 Å². The smallest absolute Gasteiger partial charge is 0.137 e. The van der Waals surface area contributed by atoms with Crippen molar-refractivity contribution >= 4 is 5.78 Å². The lowest BCUT2D eigenvalue weighted by Crippen LogP contribution is -2.44. The summed E-state index contributed by atoms with van der Waals surface area (Å²) in [7, 11) is 0. The van der Waals surface area contributed by atoms with E-state index >= 15 is 0 Å². The molecule has 1 saturated carbocycles. The summed E-state index contributed by atoms with van der Waals surface area (Å²) in [6.07, 6.45) is 6.89. The van der Waals surface area contributed by atoms with Gasteiger partial charge in [-0.1, -0.05) is 13.3 Å². The quantitative estimate of drug-likeness (QED) is 0.731. The molecular formula is C12H21NO. The molecule has 0 amide bonds. The first kappa shape index (κ1) is 10.2. The molecule has 2 fully saturated rings. The van der Waals surface area contributed by atoms with Gasteiger partial charge in [0.2, 0.25) is 0 Å². The Balaban J connectivity index is 1.93. The van der Waals surface area contributed by atoms with Crippen LogP contribution in [0.3, 0.4) is 0 Å². The molecule has 0 aromatic rings. The van der Waals surface area contributed by atoms with E-state index in [1.54, 1.807) is 0 Å². The van der Waals surface area contributed by atoms with Gasteiger partial charge < -0.3 is 5.32 Å². The van der Waals surface area contributed by atoms with Gasteiger partial charge in [-0.15, -0.1) is 0 Å². The molecular weight excluding hydrogens is 174 g/mol. The minimum Gasteiger partial charge on any atom is -0.313 e. The molecule has 0 radical (unpaired) electrons. The Bertz CT molecular complexity index is 214. The molecule has 0 aromatic heterocycles. The third kappa shape index (κ3) is 2.00. The maximum Gasteiger partial charge on any atom is 0.137 e. The van der Waals surface area contributed by atoms with Gasteiger partial charge in [-0.05, 0) is 38.1 Å². The monoisotopic (exact) mass is 195 g/mol. The van der Waals surface area contributed by atoms with Gasteiger partial charge in [0, 0.05) is 18.4 Å². The second-order valence-electron chi connectivity index (χ2n) is 4.82. The Morgan fingerprint density at radius 3 is 2.93 bits per heavy atom. The molecule has 14 heavy (non-hydrogen) atoms. The first-order valence-electron chi connectivity index (χ1n) is 6.07. The maximum absolute atomic E-state index is 11.6. The Hall–Kier alpha value is -0.370. The number of Topliss-reactive ketones (excluding diaryl/α,β-unsaturated/α-hetero) is 1. The summed E-state index contributed by atoms with van der Waals surface area (Å²) in [4.78, 5) is 11.6. The van der Waals surface area contributed by atoms with Crippen LogP contribution in [-0.4, -0.2) is 18.4 Å². The second-order valence-corrected chi connectivity index (χ2v) is 4.82. The summed E-state index contributed by atoms with van der Waals surface area (Å²) in [6.45, 7) is 3.39. The fourth-order valence-electron chi connectivity index (χ4n) is 2.98. The Morgan fingerprint density at radius 2 is 2.29 bits per heavy atom. The van der Waals surface area contributed by atoms with E-state index in [9.17, 15) is 4.79 Å². The molecule has 2 nitrogen and oxygen atoms in total. The number of piperidine rings is 1. The molecule has 1 N–H and O–H groups in total. The molecule has 1 saturated heterocycles. The van der Waals surface area contributed by atoms with Crippen LogP contribution in [0.1, 0.15) is 45.4 Å². The second kappa shape index (κ2) is 4.43. The number of hydrogen-bond acceptors (Lipinski definition) is 2. The maximum atomic E-state index is 11.6. The molecule has 1 aliphatic heterocycles. The van der Waals surface area contributed by atoms with Crippen molar-refractivity contribution in [2.45, 2.75) is 51.5 Å². The highest BCUT2D eigenvalue weighted by atomic mass is 16.1. The minimum absolute atomic E-state index is 0.351. The molecule has 2 rings (SSSR count). The zero-order chi connectivity index (χ0) is 9.97. The van der Waals surface area contributed by atoms with Crippen LogP contribution in [0.2, 0.25) is 0 Å². The highest BCUT2D eigenvalue weighted by Crippen LogP contribution is 2.31. The van der Waals surface area contributed by atoms with E-state index in [4.69, 9.17) is 0 Å². The van der Waals surface area contributed by atoms with Gasteiger partial charge in [-0.25, -0.2) is 0 Å². The molecule has 2 heteroatoms. The predicted molar refractivity (Wildman–Crippen MR) is 57.2 cm³/mol. The van der Waals surface area contributed by atoms with E-state index in [0.29, 0.717) is 17.7 Å². The Labute approximate surface area is 86.5 Å². The van der Waals surface area contributed by atoms with Crippen LogP contribution in [0.5, 0.6) is 0 Å². The third-order valence-corrected chi connectivity index (χ3v) is 3.96. The zero-order valence-corrected chi connectivity index (χ0v) is 9.09. The van der Waals surface area contributed by atoms with Crippen LogP contribution in [0, 0.1) is 11.8 Å². The Morgan fingerprint density at radius 1 is 1.43 bits per heavy atom. The lowest BCUT2D eigenvalue weighted by molar-refractivity contribution is -0.121. The third-order valence-electron chi connectivity index (χ3n) is 3.96. The normalized spacial score (nSPS) is 38.9. The number of nitrogens with one attached hydrogen (secondary N) is 1. The van der Waals surface area contributed by atoms with Crippen molar-refractivity contribution in [2.75, 3.05) is 6.54 Å². The molecule has 1 heterocycles. The van der Waals surface area contributed by atoms with Gasteiger partial charge in [0.05, 0.1) is 0 Å². The summed E-state index contributed by atoms with van der Waals surface area (Å²) in [6, 6.07) is 0.503. The molecule has 3 unspecified atom stereocenters. The van der Waals surface area contributed by atoms with Crippen LogP contribution in [0.25, 0.3) is 0 Å². The average molecular weight is 195 g/mol. The standard InChI is InChI=1S/C12H21NO/c1-2-9-6-7-13-11(8-9)10-4-3-5-12(10)14/h9-11,13H,2-8H2,1H3. The molecule has 80 valence electrons. The molecule has 3 atom stereocenters. The Kier molecular flexibility index (Phi) is 3.22. The summed E-state index contributed by atoms with van der Waals surface area (Å²) in [5.41, 5.74) is 0. The van der Waals surface area contributed by atoms with Crippen molar-refractivity contribution in [2.24, 2.45) is 11.8 Å². The lowest BCUT2D eigenvalue weighted by atomic mass is 9.83. The highest BCUT2D eigenvalue weighted by molar-refractivity contribution is 5.83. The first-order valence-corrected chi connectivity index (χ1v) is 6.07. The van der Waals surface area contributed by atoms with E-state index in [1.807, 2.05) is 0 Å². The van der Waals surface area contributed by atoms with Crippen molar-refractivity contribution in [1.29, 1.82) is 0 Å². The molecule has 0 spiro atoms. The van der Waals surface area contributed by atoms with Crippen LogP contribution in [-0.2, 0) is 4.79 Å². The van der Waals surface area contributed by atoms with Gasteiger partial charge in [0.25, 0.3) is 0 Å². The first-order chi connectivity index (χ1) is 6.81. The fourth-order valence-corrected chi connectivity index (χ4v) is 2.98. The predicted octanol–water partition coefficient (Wildman–Crippen LogP) is 2.13. The minimum atomic E-state index is 0.351. The summed E-state index contributed by atoms with van der Waals surface area (Å²) in [5.74, 6) is 1.72. The fraction of sp³-hybridized carbons (Fsp3) is 0.917. The molecule has 0 bridgehead atoms. The van der Waals surface area contributed by atoms with Crippen molar-refractivity contribution in [3.63, 3.8) is 0 Å². The van der Waals surface area contributed by atoms with Gasteiger partial charge >= 0.3 is 0 Å². The van der Waals surface area contributed by atoms with Crippen molar-refractivity contribution in [3.05, 3.63) is 0 Å². The number of hydrogen-bond donors (Lipinski definition) is 1. The zero-order valence-electron chi connectivity index (χ0n) is 9.09. The van der Waals surface area contributed by atoms with E-state index in [2.05, 4.69) is 12.2 Å². The van der Waals surface area contributed by atoms with E-state index < -0.39 is 0 Å². The largest absolute Gasteiger partial charge is 0.313 e. The van der Waals surface area contributed by atoms with Crippen LogP contribution >= 0.6 is 0 Å². The van der Waals surface area contributed by atoms with Crippen molar-refractivity contribution in [3.8, 4) is 0 Å². The summed E-state index contributed by atoms with van der Waals surface area (Å²) < 4.78 is 0. The van der Waals surface area contributed by atoms with Crippen LogP contribution in [0.4, 0.5) is 0 Å². The van der Waals surface area contributed by atoms with Gasteiger partial charge in [0.1, 0.15) is 5.78 Å². The molecule has 2 aliphatic rings. The van der Waals surface area contributed by atoms with Crippen LogP contribution < -0.4 is 5.32 Å².